The van der Waals surface area contributed by atoms with Gasteiger partial charge in [-0.05, 0) is 45.8 Å². The first-order chi connectivity index (χ1) is 9.58. The molecule has 0 radical (unpaired) electrons. The molecule has 2 aromatic carbocycles. The molecule has 0 aliphatic heterocycles. The lowest BCUT2D eigenvalue weighted by Crippen LogP contribution is -2.28. The van der Waals surface area contributed by atoms with E-state index in [1.165, 1.54) is 24.3 Å². The number of carbonyl (C=O) groups is 1. The second kappa shape index (κ2) is 6.63. The number of aliphatic hydroxyl groups excluding tert-OH is 1. The van der Waals surface area contributed by atoms with Gasteiger partial charge in [0.1, 0.15) is 5.82 Å². The molecule has 3 nitrogen and oxygen atoms in total. The minimum absolute atomic E-state index is 0.0613. The van der Waals surface area contributed by atoms with Crippen LogP contribution in [0.25, 0.3) is 0 Å². The predicted octanol–water partition coefficient (Wildman–Crippen LogP) is 3.05. The topological polar surface area (TPSA) is 49.3 Å². The summed E-state index contributed by atoms with van der Waals surface area (Å²) in [6.07, 6.45) is -0.873. The first kappa shape index (κ1) is 14.7. The van der Waals surface area contributed by atoms with E-state index in [1.54, 1.807) is 18.2 Å². The molecular weight excluding hydrogens is 325 g/mol. The van der Waals surface area contributed by atoms with Crippen LogP contribution >= 0.6 is 15.9 Å². The summed E-state index contributed by atoms with van der Waals surface area (Å²) >= 11 is 3.29. The van der Waals surface area contributed by atoms with E-state index in [1.807, 2.05) is 6.07 Å². The Hall–Kier alpha value is -1.72. The summed E-state index contributed by atoms with van der Waals surface area (Å²) in [7, 11) is 0. The van der Waals surface area contributed by atoms with Crippen LogP contribution in [-0.2, 0) is 0 Å². The van der Waals surface area contributed by atoms with E-state index >= 15 is 0 Å². The van der Waals surface area contributed by atoms with E-state index < -0.39 is 6.10 Å². The van der Waals surface area contributed by atoms with Crippen LogP contribution in [0.4, 0.5) is 4.39 Å². The van der Waals surface area contributed by atoms with Gasteiger partial charge in [0.15, 0.2) is 0 Å². The van der Waals surface area contributed by atoms with Crippen LogP contribution in [0.2, 0.25) is 0 Å². The maximum absolute atomic E-state index is 12.8. The molecule has 2 rings (SSSR count). The molecule has 0 unspecified atom stereocenters. The maximum atomic E-state index is 12.8. The van der Waals surface area contributed by atoms with Crippen LogP contribution in [0.15, 0.2) is 53.0 Å². The van der Waals surface area contributed by atoms with Gasteiger partial charge in [-0.2, -0.15) is 0 Å². The average molecular weight is 338 g/mol. The minimum atomic E-state index is -0.873. The highest BCUT2D eigenvalue weighted by Gasteiger charge is 2.12. The Morgan fingerprint density at radius 2 is 1.85 bits per heavy atom. The smallest absolute Gasteiger partial charge is 0.252 e. The monoisotopic (exact) mass is 337 g/mol. The zero-order valence-electron chi connectivity index (χ0n) is 10.5. The third kappa shape index (κ3) is 3.65. The molecule has 0 heterocycles. The van der Waals surface area contributed by atoms with E-state index in [9.17, 15) is 14.3 Å². The lowest BCUT2D eigenvalue weighted by molar-refractivity contribution is 0.0915. The van der Waals surface area contributed by atoms with Gasteiger partial charge in [-0.25, -0.2) is 4.39 Å². The maximum Gasteiger partial charge on any atom is 0.252 e. The number of rotatable bonds is 4. The van der Waals surface area contributed by atoms with Crippen molar-refractivity contribution in [3.05, 3.63) is 69.9 Å². The van der Waals surface area contributed by atoms with Crippen molar-refractivity contribution in [3.63, 3.8) is 0 Å². The average Bonchev–Trinajstić information content (AvgIpc) is 2.45. The summed E-state index contributed by atoms with van der Waals surface area (Å²) in [6, 6.07) is 12.6. The molecule has 0 spiro atoms. The van der Waals surface area contributed by atoms with Gasteiger partial charge in [0.05, 0.1) is 11.7 Å². The molecule has 5 heteroatoms. The number of halogens is 2. The van der Waals surface area contributed by atoms with E-state index in [0.29, 0.717) is 15.6 Å². The number of aliphatic hydroxyl groups is 1. The Balaban J connectivity index is 1.97. The summed E-state index contributed by atoms with van der Waals surface area (Å²) < 4.78 is 13.5. The minimum Gasteiger partial charge on any atom is -0.387 e. The summed E-state index contributed by atoms with van der Waals surface area (Å²) in [5.74, 6) is -0.642. The Bertz CT molecular complexity index is 601. The van der Waals surface area contributed by atoms with Gasteiger partial charge in [0, 0.05) is 11.0 Å². The second-order valence-electron chi connectivity index (χ2n) is 4.26. The zero-order chi connectivity index (χ0) is 14.5. The van der Waals surface area contributed by atoms with Crippen molar-refractivity contribution in [2.45, 2.75) is 6.10 Å². The van der Waals surface area contributed by atoms with Crippen molar-refractivity contribution in [2.24, 2.45) is 0 Å². The summed E-state index contributed by atoms with van der Waals surface area (Å²) in [4.78, 5) is 11.9. The Morgan fingerprint density at radius 1 is 1.20 bits per heavy atom. The molecule has 1 atom stereocenters. The van der Waals surface area contributed by atoms with Gasteiger partial charge >= 0.3 is 0 Å². The quantitative estimate of drug-likeness (QED) is 0.900. The summed E-state index contributed by atoms with van der Waals surface area (Å²) in [6.45, 7) is 0.0613. The van der Waals surface area contributed by atoms with Crippen LogP contribution in [0.3, 0.4) is 0 Å². The van der Waals surface area contributed by atoms with Crippen LogP contribution in [0.5, 0.6) is 0 Å². The highest BCUT2D eigenvalue weighted by atomic mass is 79.9. The van der Waals surface area contributed by atoms with Crippen molar-refractivity contribution >= 4 is 21.8 Å². The third-order valence-electron chi connectivity index (χ3n) is 2.83. The molecule has 1 amide bonds. The highest BCUT2D eigenvalue weighted by Crippen LogP contribution is 2.16. The summed E-state index contributed by atoms with van der Waals surface area (Å²) in [5.41, 5.74) is 1.05. The molecule has 0 aromatic heterocycles. The fourth-order valence-electron chi connectivity index (χ4n) is 1.73. The Labute approximate surface area is 124 Å². The number of nitrogens with one attached hydrogen (secondary N) is 1. The van der Waals surface area contributed by atoms with Gasteiger partial charge in [-0.3, -0.25) is 4.79 Å². The fourth-order valence-corrected chi connectivity index (χ4v) is 2.20. The standard InChI is InChI=1S/C15H13BrFNO2/c16-13-4-2-1-3-12(13)15(20)18-9-14(19)10-5-7-11(17)8-6-10/h1-8,14,19H,9H2,(H,18,20)/t14-/m0/s1. The van der Waals surface area contributed by atoms with E-state index in [4.69, 9.17) is 0 Å². The van der Waals surface area contributed by atoms with Gasteiger partial charge in [-0.15, -0.1) is 0 Å². The largest absolute Gasteiger partial charge is 0.387 e. The Kier molecular flexibility index (Phi) is 4.87. The molecule has 104 valence electrons. The number of hydrogen-bond donors (Lipinski definition) is 2. The third-order valence-corrected chi connectivity index (χ3v) is 3.52. The van der Waals surface area contributed by atoms with E-state index in [2.05, 4.69) is 21.2 Å². The van der Waals surface area contributed by atoms with Crippen LogP contribution in [0.1, 0.15) is 22.0 Å². The first-order valence-electron chi connectivity index (χ1n) is 6.04. The summed E-state index contributed by atoms with van der Waals surface area (Å²) in [5, 5.41) is 12.6. The molecule has 0 aliphatic carbocycles. The van der Waals surface area contributed by atoms with Crippen molar-refractivity contribution < 1.29 is 14.3 Å². The van der Waals surface area contributed by atoms with Gasteiger partial charge in [-0.1, -0.05) is 24.3 Å². The molecule has 2 aromatic rings. The number of amides is 1. The number of hydrogen-bond acceptors (Lipinski definition) is 2. The lowest BCUT2D eigenvalue weighted by atomic mass is 10.1. The van der Waals surface area contributed by atoms with E-state index in [-0.39, 0.29) is 18.3 Å². The molecule has 0 saturated carbocycles. The normalized spacial score (nSPS) is 11.9. The SMILES string of the molecule is O=C(NC[C@H](O)c1ccc(F)cc1)c1ccccc1Br. The van der Waals surface area contributed by atoms with Crippen molar-refractivity contribution in [1.82, 2.24) is 5.32 Å². The molecule has 2 N–H and O–H groups in total. The van der Waals surface area contributed by atoms with Crippen LogP contribution < -0.4 is 5.32 Å². The van der Waals surface area contributed by atoms with Crippen LogP contribution in [0, 0.1) is 5.82 Å². The number of carbonyl (C=O) groups excluding carboxylic acids is 1. The molecule has 0 aliphatic rings. The molecule has 0 fully saturated rings. The van der Waals surface area contributed by atoms with Gasteiger partial charge in [0.2, 0.25) is 0 Å². The number of benzene rings is 2. The van der Waals surface area contributed by atoms with Crippen molar-refractivity contribution in [2.75, 3.05) is 6.54 Å². The van der Waals surface area contributed by atoms with Crippen molar-refractivity contribution in [3.8, 4) is 0 Å². The van der Waals surface area contributed by atoms with Crippen LogP contribution in [-0.4, -0.2) is 17.6 Å². The molecule has 0 saturated heterocycles. The van der Waals surface area contributed by atoms with Gasteiger partial charge in [0.25, 0.3) is 5.91 Å². The van der Waals surface area contributed by atoms with Crippen molar-refractivity contribution in [1.29, 1.82) is 0 Å². The van der Waals surface area contributed by atoms with E-state index in [0.717, 1.165) is 0 Å². The molecule has 0 bridgehead atoms. The fraction of sp³-hybridized carbons (Fsp3) is 0.133. The molecular formula is C15H13BrFNO2. The Morgan fingerprint density at radius 3 is 2.50 bits per heavy atom. The zero-order valence-corrected chi connectivity index (χ0v) is 12.1. The second-order valence-corrected chi connectivity index (χ2v) is 5.11. The lowest BCUT2D eigenvalue weighted by Gasteiger charge is -2.12. The predicted molar refractivity (Wildman–Crippen MR) is 77.8 cm³/mol. The molecule has 20 heavy (non-hydrogen) atoms. The highest BCUT2D eigenvalue weighted by molar-refractivity contribution is 9.10. The first-order valence-corrected chi connectivity index (χ1v) is 6.83. The van der Waals surface area contributed by atoms with Gasteiger partial charge < -0.3 is 10.4 Å².